The maximum atomic E-state index is 12.3. The van der Waals surface area contributed by atoms with E-state index in [1.54, 1.807) is 4.40 Å². The highest BCUT2D eigenvalue weighted by molar-refractivity contribution is 9.10. The molecule has 2 heterocycles. The Morgan fingerprint density at radius 2 is 1.89 bits per heavy atom. The van der Waals surface area contributed by atoms with Gasteiger partial charge in [-0.05, 0) is 15.9 Å². The zero-order chi connectivity index (χ0) is 14.4. The Hall–Kier alpha value is -0.760. The third-order valence-corrected chi connectivity index (χ3v) is 3.79. The van der Waals surface area contributed by atoms with Crippen LogP contribution in [-0.2, 0) is 5.41 Å². The predicted molar refractivity (Wildman–Crippen MR) is 71.3 cm³/mol. The molecule has 0 radical (unpaired) electrons. The van der Waals surface area contributed by atoms with Gasteiger partial charge in [0.2, 0.25) is 0 Å². The van der Waals surface area contributed by atoms with Gasteiger partial charge in [-0.15, -0.1) is 0 Å². The Morgan fingerprint density at radius 3 is 2.42 bits per heavy atom. The van der Waals surface area contributed by atoms with Gasteiger partial charge in [-0.1, -0.05) is 20.8 Å². The van der Waals surface area contributed by atoms with Crippen molar-refractivity contribution in [1.29, 1.82) is 0 Å². The summed E-state index contributed by atoms with van der Waals surface area (Å²) in [6.07, 6.45) is 1.34. The van der Waals surface area contributed by atoms with E-state index in [2.05, 4.69) is 25.9 Å². The molecule has 0 spiro atoms. The quantitative estimate of drug-likeness (QED) is 0.562. The Labute approximate surface area is 120 Å². The first-order chi connectivity index (χ1) is 8.58. The first-order valence-corrected chi connectivity index (χ1v) is 6.99. The summed E-state index contributed by atoms with van der Waals surface area (Å²) in [4.78, 5) is 8.15. The predicted octanol–water partition coefficient (Wildman–Crippen LogP) is 4.40. The van der Waals surface area contributed by atoms with Crippen molar-refractivity contribution in [2.24, 2.45) is 0 Å². The van der Waals surface area contributed by atoms with Crippen LogP contribution in [0.1, 0.15) is 26.5 Å². The third-order valence-electron chi connectivity index (χ3n) is 2.36. The van der Waals surface area contributed by atoms with Crippen molar-refractivity contribution in [1.82, 2.24) is 14.4 Å². The van der Waals surface area contributed by atoms with E-state index in [1.807, 2.05) is 20.8 Å². The minimum Gasteiger partial charge on any atom is -0.277 e. The van der Waals surface area contributed by atoms with Crippen LogP contribution in [0.15, 0.2) is 22.0 Å². The van der Waals surface area contributed by atoms with Crippen LogP contribution in [0.2, 0.25) is 0 Å². The number of hydrogen-bond donors (Lipinski definition) is 0. The number of aromatic nitrogens is 3. The molecule has 0 N–H and O–H groups in total. The molecule has 0 atom stereocenters. The van der Waals surface area contributed by atoms with Gasteiger partial charge < -0.3 is 0 Å². The van der Waals surface area contributed by atoms with Crippen LogP contribution in [0.4, 0.5) is 13.2 Å². The minimum atomic E-state index is -4.35. The van der Waals surface area contributed by atoms with Crippen molar-refractivity contribution in [2.75, 3.05) is 0 Å². The van der Waals surface area contributed by atoms with E-state index in [4.69, 9.17) is 0 Å². The van der Waals surface area contributed by atoms with Crippen LogP contribution < -0.4 is 0 Å². The number of thioether (sulfide) groups is 1. The number of imidazole rings is 1. The summed E-state index contributed by atoms with van der Waals surface area (Å²) in [5.41, 5.74) is -3.33. The normalized spacial score (nSPS) is 13.2. The zero-order valence-electron chi connectivity index (χ0n) is 10.4. The minimum absolute atomic E-state index is 0.113. The third kappa shape index (κ3) is 3.22. The van der Waals surface area contributed by atoms with Crippen molar-refractivity contribution in [2.45, 2.75) is 36.7 Å². The fourth-order valence-electron chi connectivity index (χ4n) is 1.55. The summed E-state index contributed by atoms with van der Waals surface area (Å²) >= 11 is 3.16. The summed E-state index contributed by atoms with van der Waals surface area (Å²) < 4.78 is 39.2. The Bertz CT molecular complexity index is 616. The van der Waals surface area contributed by atoms with Crippen LogP contribution in [0.25, 0.3) is 5.65 Å². The molecule has 2 aromatic heterocycles. The largest absolute Gasteiger partial charge is 0.447 e. The topological polar surface area (TPSA) is 30.2 Å². The standard InChI is InChI=1S/C11H11BrF3N3S/c1-10(2,3)8-9(12)18-5-16-7(4-6(18)17-8)19-11(13,14)15/h4-5H,1-3H3. The van der Waals surface area contributed by atoms with E-state index in [-0.39, 0.29) is 22.2 Å². The van der Waals surface area contributed by atoms with E-state index in [0.717, 1.165) is 5.69 Å². The molecule has 0 aliphatic rings. The van der Waals surface area contributed by atoms with Gasteiger partial charge in [0.1, 0.15) is 21.6 Å². The molecule has 0 aliphatic heterocycles. The second kappa shape index (κ2) is 4.66. The van der Waals surface area contributed by atoms with E-state index in [0.29, 0.717) is 10.3 Å². The van der Waals surface area contributed by atoms with Crippen molar-refractivity contribution in [3.05, 3.63) is 22.7 Å². The molecule has 0 saturated heterocycles. The van der Waals surface area contributed by atoms with Gasteiger partial charge in [0.25, 0.3) is 0 Å². The summed E-state index contributed by atoms with van der Waals surface area (Å²) in [5, 5.41) is -0.113. The van der Waals surface area contributed by atoms with E-state index < -0.39 is 5.51 Å². The highest BCUT2D eigenvalue weighted by Gasteiger charge is 2.30. The average molecular weight is 354 g/mol. The fourth-order valence-corrected chi connectivity index (χ4v) is 3.01. The average Bonchev–Trinajstić information content (AvgIpc) is 2.52. The fraction of sp³-hybridized carbons (Fsp3) is 0.455. The van der Waals surface area contributed by atoms with Crippen molar-refractivity contribution < 1.29 is 13.2 Å². The number of halogens is 4. The molecule has 0 unspecified atom stereocenters. The molecule has 0 saturated carbocycles. The molecule has 0 amide bonds. The lowest BCUT2D eigenvalue weighted by Gasteiger charge is -2.15. The lowest BCUT2D eigenvalue weighted by atomic mass is 9.93. The molecule has 0 bridgehead atoms. The molecule has 0 aliphatic carbocycles. The molecule has 2 aromatic rings. The monoisotopic (exact) mass is 353 g/mol. The molecule has 104 valence electrons. The molecular weight excluding hydrogens is 343 g/mol. The van der Waals surface area contributed by atoms with Crippen LogP contribution in [0.3, 0.4) is 0 Å². The number of nitrogens with zero attached hydrogens (tertiary/aromatic N) is 3. The summed E-state index contributed by atoms with van der Waals surface area (Å²) in [5.74, 6) is 0. The lowest BCUT2D eigenvalue weighted by molar-refractivity contribution is -0.0329. The summed E-state index contributed by atoms with van der Waals surface area (Å²) in [6, 6.07) is 1.33. The van der Waals surface area contributed by atoms with Crippen molar-refractivity contribution >= 4 is 33.3 Å². The van der Waals surface area contributed by atoms with Gasteiger partial charge in [-0.25, -0.2) is 9.97 Å². The van der Waals surface area contributed by atoms with Crippen molar-refractivity contribution in [3.63, 3.8) is 0 Å². The maximum absolute atomic E-state index is 12.3. The maximum Gasteiger partial charge on any atom is 0.447 e. The van der Waals surface area contributed by atoms with E-state index >= 15 is 0 Å². The second-order valence-electron chi connectivity index (χ2n) is 5.00. The molecule has 8 heteroatoms. The van der Waals surface area contributed by atoms with Gasteiger partial charge in [-0.3, -0.25) is 4.40 Å². The van der Waals surface area contributed by atoms with Crippen molar-refractivity contribution in [3.8, 4) is 0 Å². The molecule has 2 rings (SSSR count). The van der Waals surface area contributed by atoms with Gasteiger partial charge >= 0.3 is 5.51 Å². The SMILES string of the molecule is CC(C)(C)c1nc2cc(SC(F)(F)F)ncn2c1Br. The van der Waals surface area contributed by atoms with Gasteiger partial charge in [0.15, 0.2) is 0 Å². The Morgan fingerprint density at radius 1 is 1.26 bits per heavy atom. The lowest BCUT2D eigenvalue weighted by Crippen LogP contribution is -2.12. The zero-order valence-corrected chi connectivity index (χ0v) is 12.8. The number of hydrogen-bond acceptors (Lipinski definition) is 3. The number of fused-ring (bicyclic) bond motifs is 1. The summed E-state index contributed by atoms with van der Waals surface area (Å²) in [6.45, 7) is 5.95. The molecular formula is C11H11BrF3N3S. The van der Waals surface area contributed by atoms with Gasteiger partial charge in [-0.2, -0.15) is 13.2 Å². The van der Waals surface area contributed by atoms with Crippen LogP contribution in [0.5, 0.6) is 0 Å². The number of alkyl halides is 3. The van der Waals surface area contributed by atoms with Crippen LogP contribution in [0, 0.1) is 0 Å². The molecule has 0 fully saturated rings. The molecule has 3 nitrogen and oxygen atoms in total. The smallest absolute Gasteiger partial charge is 0.277 e. The van der Waals surface area contributed by atoms with Crippen LogP contribution >= 0.6 is 27.7 Å². The first kappa shape index (κ1) is 14.6. The Balaban J connectivity index is 2.50. The van der Waals surface area contributed by atoms with E-state index in [1.165, 1.54) is 12.4 Å². The first-order valence-electron chi connectivity index (χ1n) is 5.38. The van der Waals surface area contributed by atoms with Gasteiger partial charge in [0.05, 0.1) is 5.69 Å². The second-order valence-corrected chi connectivity index (χ2v) is 6.84. The van der Waals surface area contributed by atoms with Crippen LogP contribution in [-0.4, -0.2) is 19.9 Å². The number of rotatable bonds is 1. The molecule has 19 heavy (non-hydrogen) atoms. The highest BCUT2D eigenvalue weighted by atomic mass is 79.9. The highest BCUT2D eigenvalue weighted by Crippen LogP contribution is 2.37. The van der Waals surface area contributed by atoms with Gasteiger partial charge in [0, 0.05) is 23.2 Å². The Kier molecular flexibility index (Phi) is 3.59. The van der Waals surface area contributed by atoms with E-state index in [9.17, 15) is 13.2 Å². The summed E-state index contributed by atoms with van der Waals surface area (Å²) in [7, 11) is 0. The molecule has 0 aromatic carbocycles.